The largest absolute Gasteiger partial charge is 0.344 e. The zero-order chi connectivity index (χ0) is 40.9. The number of carbonyl (C=O) groups excluding carboxylic acids is 5. The third-order valence-corrected chi connectivity index (χ3v) is 17.3. The fourth-order valence-electron chi connectivity index (χ4n) is 11.4. The Balaban J connectivity index is 1.27. The van der Waals surface area contributed by atoms with E-state index in [4.69, 9.17) is 0 Å². The first-order valence-corrected chi connectivity index (χ1v) is 22.5. The number of hydrogen-bond donors (Lipinski definition) is 2. The topological polar surface area (TPSA) is 150 Å². The number of amides is 3. The minimum Gasteiger partial charge on any atom is -0.344 e. The van der Waals surface area contributed by atoms with Gasteiger partial charge in [0, 0.05) is 36.8 Å². The highest BCUT2D eigenvalue weighted by Crippen LogP contribution is 2.88. The highest BCUT2D eigenvalue weighted by molar-refractivity contribution is 7.90. The Hall–Kier alpha value is -2.60. The summed E-state index contributed by atoms with van der Waals surface area (Å²) < 4.78 is 27.9. The maximum Gasteiger partial charge on any atom is 0.240 e. The molecule has 6 fully saturated rings. The Bertz CT molecular complexity index is 1730. The number of likely N-dealkylation sites (tertiary alicyclic amines) is 2. The summed E-state index contributed by atoms with van der Waals surface area (Å²) in [5.41, 5.74) is -2.82. The Morgan fingerprint density at radius 3 is 2.00 bits per heavy atom. The Morgan fingerprint density at radius 2 is 1.53 bits per heavy atom. The maximum absolute atomic E-state index is 15.2. The molecule has 2 aliphatic heterocycles. The van der Waals surface area contributed by atoms with Crippen molar-refractivity contribution < 1.29 is 32.4 Å². The SMILES string of the molecule is C=C[C@@H]1C[C@]1(CC(=O)[C@@H]1C[C@@]2(CN1C(=O)[C@@H](CC(=O)[C@@H](NC(=O)[C@H]1CCCN1C(C)C)C(C)(C)C)C(C)(C)C)C(C)(C)C21CCC1)C(=O)NS(=O)(=O)C1CC1. The summed E-state index contributed by atoms with van der Waals surface area (Å²) in [7, 11) is -3.82. The van der Waals surface area contributed by atoms with Crippen LogP contribution < -0.4 is 10.0 Å². The summed E-state index contributed by atoms with van der Waals surface area (Å²) in [5, 5.41) is 2.54. The van der Waals surface area contributed by atoms with Crippen LogP contribution in [-0.4, -0.2) is 90.0 Å². The molecular formula is C43H68N4O7S. The number of sulfonamides is 1. The number of allylic oxidation sites excluding steroid dienone is 1. The van der Waals surface area contributed by atoms with Crippen molar-refractivity contribution in [2.45, 2.75) is 169 Å². The molecular weight excluding hydrogens is 717 g/mol. The van der Waals surface area contributed by atoms with Gasteiger partial charge in [0.1, 0.15) is 0 Å². The lowest BCUT2D eigenvalue weighted by molar-refractivity contribution is -0.147. The molecule has 3 amide bonds. The summed E-state index contributed by atoms with van der Waals surface area (Å²) >= 11 is 0. The van der Waals surface area contributed by atoms with Crippen LogP contribution in [0.4, 0.5) is 0 Å². The lowest BCUT2D eigenvalue weighted by Crippen LogP contribution is -2.56. The quantitative estimate of drug-likeness (QED) is 0.217. The molecule has 6 rings (SSSR count). The molecule has 4 aliphatic carbocycles. The van der Waals surface area contributed by atoms with Gasteiger partial charge in [-0.15, -0.1) is 6.58 Å². The normalized spacial score (nSPS) is 32.2. The van der Waals surface area contributed by atoms with Gasteiger partial charge in [-0.05, 0) is 99.3 Å². The third-order valence-electron chi connectivity index (χ3n) is 15.5. The van der Waals surface area contributed by atoms with E-state index >= 15 is 4.79 Å². The van der Waals surface area contributed by atoms with Crippen LogP contribution >= 0.6 is 0 Å². The van der Waals surface area contributed by atoms with Crippen LogP contribution in [0.5, 0.6) is 0 Å². The summed E-state index contributed by atoms with van der Waals surface area (Å²) in [6, 6.07) is -1.73. The minimum atomic E-state index is -3.82. The number of ketones is 2. The van der Waals surface area contributed by atoms with Gasteiger partial charge in [0.25, 0.3) is 0 Å². The van der Waals surface area contributed by atoms with E-state index in [0.717, 1.165) is 38.6 Å². The van der Waals surface area contributed by atoms with Gasteiger partial charge in [0.2, 0.25) is 27.7 Å². The highest BCUT2D eigenvalue weighted by Gasteiger charge is 2.85. The number of nitrogens with one attached hydrogen (secondary N) is 2. The number of hydrogen-bond acceptors (Lipinski definition) is 8. The van der Waals surface area contributed by atoms with E-state index in [1.54, 1.807) is 11.0 Å². The molecule has 0 radical (unpaired) electrons. The van der Waals surface area contributed by atoms with Crippen LogP contribution in [0.1, 0.15) is 140 Å². The predicted molar refractivity (Wildman–Crippen MR) is 212 cm³/mol. The summed E-state index contributed by atoms with van der Waals surface area (Å²) in [4.78, 5) is 75.7. The van der Waals surface area contributed by atoms with Crippen LogP contribution in [0.3, 0.4) is 0 Å². The van der Waals surface area contributed by atoms with Gasteiger partial charge in [-0.1, -0.05) is 67.9 Å². The fourth-order valence-corrected chi connectivity index (χ4v) is 12.8. The van der Waals surface area contributed by atoms with Gasteiger partial charge in [-0.2, -0.15) is 0 Å². The molecule has 308 valence electrons. The predicted octanol–water partition coefficient (Wildman–Crippen LogP) is 5.57. The van der Waals surface area contributed by atoms with Crippen LogP contribution in [0.25, 0.3) is 0 Å². The van der Waals surface area contributed by atoms with Crippen molar-refractivity contribution in [3.05, 3.63) is 12.7 Å². The molecule has 0 unspecified atom stereocenters. The number of rotatable bonds is 14. The number of carbonyl (C=O) groups is 5. The van der Waals surface area contributed by atoms with E-state index in [9.17, 15) is 27.6 Å². The molecule has 2 spiro atoms. The van der Waals surface area contributed by atoms with Crippen LogP contribution in [-0.2, 0) is 34.0 Å². The van der Waals surface area contributed by atoms with Gasteiger partial charge < -0.3 is 10.2 Å². The first-order valence-electron chi connectivity index (χ1n) is 20.9. The zero-order valence-electron chi connectivity index (χ0n) is 35.2. The van der Waals surface area contributed by atoms with Crippen molar-refractivity contribution in [3.63, 3.8) is 0 Å². The summed E-state index contributed by atoms with van der Waals surface area (Å²) in [6.07, 6.45) is 8.01. The monoisotopic (exact) mass is 784 g/mol. The third kappa shape index (κ3) is 6.94. The van der Waals surface area contributed by atoms with E-state index in [2.05, 4.69) is 49.2 Å². The molecule has 7 atom stereocenters. The van der Waals surface area contributed by atoms with Crippen molar-refractivity contribution in [3.8, 4) is 0 Å². The molecule has 2 N–H and O–H groups in total. The van der Waals surface area contributed by atoms with E-state index in [1.165, 1.54) is 0 Å². The van der Waals surface area contributed by atoms with Gasteiger partial charge in [-0.3, -0.25) is 33.6 Å². The molecule has 0 bridgehead atoms. The Labute approximate surface area is 330 Å². The molecule has 2 saturated heterocycles. The second-order valence-corrected chi connectivity index (χ2v) is 23.2. The second-order valence-electron chi connectivity index (χ2n) is 21.2. The maximum atomic E-state index is 15.2. The average molecular weight is 785 g/mol. The zero-order valence-corrected chi connectivity index (χ0v) is 36.0. The standard InChI is InChI=1S/C43H68N4O7S/c1-12-27-22-41(27,37(52)45-55(53,54)28-16-17-28)24-33(49)31-23-43(40(10,11)42(43)18-14-19-42)25-47(31)36(51)29(38(4,5)6)21-32(48)34(39(7,8)9)44-35(50)30-15-13-20-46(30)26(2)3/h12,26-31,34H,1,13-25H2,2-11H3,(H,44,50)(H,45,52)/t27-,29-,30-,31+,34-,41-,43-/m1/s1. The van der Waals surface area contributed by atoms with Crippen molar-refractivity contribution >= 4 is 39.3 Å². The van der Waals surface area contributed by atoms with Gasteiger partial charge in [0.05, 0.1) is 28.8 Å². The van der Waals surface area contributed by atoms with E-state index in [1.807, 2.05) is 41.5 Å². The molecule has 0 aromatic carbocycles. The van der Waals surface area contributed by atoms with Crippen molar-refractivity contribution in [1.29, 1.82) is 0 Å². The lowest BCUT2D eigenvalue weighted by atomic mass is 9.73. The fraction of sp³-hybridized carbons (Fsp3) is 0.837. The number of Topliss-reactive ketones (excluding diaryl/α,β-unsaturated/α-hetero) is 2. The first-order chi connectivity index (χ1) is 25.3. The molecule has 0 aromatic heterocycles. The van der Waals surface area contributed by atoms with Gasteiger partial charge >= 0.3 is 0 Å². The molecule has 12 heteroatoms. The van der Waals surface area contributed by atoms with E-state index < -0.39 is 55.4 Å². The van der Waals surface area contributed by atoms with Crippen molar-refractivity contribution in [2.24, 2.45) is 44.3 Å². The van der Waals surface area contributed by atoms with Crippen LogP contribution in [0.2, 0.25) is 0 Å². The van der Waals surface area contributed by atoms with E-state index in [0.29, 0.717) is 32.2 Å². The van der Waals surface area contributed by atoms with Crippen molar-refractivity contribution in [2.75, 3.05) is 13.1 Å². The molecule has 11 nitrogen and oxygen atoms in total. The number of nitrogens with zero attached hydrogens (tertiary/aromatic N) is 2. The lowest BCUT2D eigenvalue weighted by Gasteiger charge is -2.38. The second kappa shape index (κ2) is 13.8. The summed E-state index contributed by atoms with van der Waals surface area (Å²) in [6.45, 7) is 25.4. The molecule has 4 saturated carbocycles. The Morgan fingerprint density at radius 1 is 0.891 bits per heavy atom. The van der Waals surface area contributed by atoms with Gasteiger partial charge in [0.15, 0.2) is 11.6 Å². The highest BCUT2D eigenvalue weighted by atomic mass is 32.2. The van der Waals surface area contributed by atoms with Crippen LogP contribution in [0, 0.1) is 44.3 Å². The molecule has 2 heterocycles. The molecule has 55 heavy (non-hydrogen) atoms. The van der Waals surface area contributed by atoms with E-state index in [-0.39, 0.29) is 70.5 Å². The Kier molecular flexibility index (Phi) is 10.5. The molecule has 0 aromatic rings. The van der Waals surface area contributed by atoms with Crippen molar-refractivity contribution in [1.82, 2.24) is 19.8 Å². The van der Waals surface area contributed by atoms with Gasteiger partial charge in [-0.25, -0.2) is 8.42 Å². The molecule has 6 aliphatic rings. The first kappa shape index (κ1) is 42.0. The minimum absolute atomic E-state index is 0.0307. The number of fused-ring (bicyclic) bond motifs is 1. The van der Waals surface area contributed by atoms with Crippen LogP contribution in [0.15, 0.2) is 12.7 Å². The average Bonchev–Trinajstić information content (AvgIpc) is 3.97. The smallest absolute Gasteiger partial charge is 0.240 e. The summed E-state index contributed by atoms with van der Waals surface area (Å²) in [5.74, 6) is -2.63.